The van der Waals surface area contributed by atoms with Gasteiger partial charge in [-0.25, -0.2) is 0 Å². The highest BCUT2D eigenvalue weighted by Crippen LogP contribution is 2.17. The van der Waals surface area contributed by atoms with E-state index in [1.54, 1.807) is 20.3 Å². The molecule has 0 bridgehead atoms. The molecular formula is C60H58Cl2O2. The van der Waals surface area contributed by atoms with E-state index in [1.165, 1.54) is 38.9 Å². The third-order valence-corrected chi connectivity index (χ3v) is 9.31. The van der Waals surface area contributed by atoms with E-state index in [0.29, 0.717) is 5.02 Å². The number of hydrogen-bond acceptors (Lipinski definition) is 2. The molecule has 64 heavy (non-hydrogen) atoms. The van der Waals surface area contributed by atoms with Crippen molar-refractivity contribution in [2.75, 3.05) is 14.2 Å². The predicted octanol–water partition coefficient (Wildman–Crippen LogP) is 17.7. The van der Waals surface area contributed by atoms with Gasteiger partial charge in [-0.05, 0) is 89.7 Å². The Labute approximate surface area is 392 Å². The van der Waals surface area contributed by atoms with Crippen LogP contribution in [0.1, 0.15) is 44.5 Å². The predicted molar refractivity (Wildman–Crippen MR) is 282 cm³/mol. The first-order chi connectivity index (χ1) is 31.2. The van der Waals surface area contributed by atoms with E-state index in [2.05, 4.69) is 111 Å². The first-order valence-electron chi connectivity index (χ1n) is 20.7. The van der Waals surface area contributed by atoms with Crippen molar-refractivity contribution in [3.63, 3.8) is 0 Å². The van der Waals surface area contributed by atoms with E-state index in [4.69, 9.17) is 32.7 Å². The molecule has 0 spiro atoms. The quantitative estimate of drug-likeness (QED) is 0.142. The molecule has 0 atom stereocenters. The molecule has 0 aliphatic heterocycles. The van der Waals surface area contributed by atoms with Gasteiger partial charge in [-0.15, -0.1) is 0 Å². The molecule has 0 aromatic heterocycles. The third kappa shape index (κ3) is 23.2. The lowest BCUT2D eigenvalue weighted by Gasteiger charge is -1.99. The van der Waals surface area contributed by atoms with Crippen LogP contribution < -0.4 is 9.47 Å². The van der Waals surface area contributed by atoms with Crippen LogP contribution in [0.5, 0.6) is 11.5 Å². The average Bonchev–Trinajstić information content (AvgIpc) is 3.36. The summed E-state index contributed by atoms with van der Waals surface area (Å²) in [6, 6.07) is 72.2. The molecule has 2 nitrogen and oxygen atoms in total. The fourth-order valence-electron chi connectivity index (χ4n) is 5.24. The number of rotatable bonds is 8. The minimum Gasteiger partial charge on any atom is -0.497 e. The molecule has 0 saturated carbocycles. The van der Waals surface area contributed by atoms with E-state index in [9.17, 15) is 0 Å². The van der Waals surface area contributed by atoms with Gasteiger partial charge < -0.3 is 9.47 Å². The lowest BCUT2D eigenvalue weighted by Crippen LogP contribution is -1.82. The maximum absolute atomic E-state index is 5.64. The highest BCUT2D eigenvalue weighted by Gasteiger charge is 1.92. The van der Waals surface area contributed by atoms with Crippen molar-refractivity contribution in [1.29, 1.82) is 0 Å². The molecule has 0 heterocycles. The molecule has 4 heteroatoms. The van der Waals surface area contributed by atoms with Crippen LogP contribution >= 0.6 is 23.2 Å². The first-order valence-corrected chi connectivity index (χ1v) is 21.5. The topological polar surface area (TPSA) is 18.5 Å². The van der Waals surface area contributed by atoms with Crippen LogP contribution in [0.4, 0.5) is 0 Å². The van der Waals surface area contributed by atoms with Gasteiger partial charge in [0.05, 0.1) is 14.2 Å². The summed E-state index contributed by atoms with van der Waals surface area (Å²) in [5.41, 5.74) is 9.71. The van der Waals surface area contributed by atoms with E-state index in [-0.39, 0.29) is 0 Å². The van der Waals surface area contributed by atoms with Gasteiger partial charge in [0.2, 0.25) is 0 Å². The van der Waals surface area contributed by atoms with E-state index in [1.807, 2.05) is 165 Å². The van der Waals surface area contributed by atoms with Gasteiger partial charge in [0.25, 0.3) is 0 Å². The van der Waals surface area contributed by atoms with Gasteiger partial charge >= 0.3 is 0 Å². The zero-order valence-corrected chi connectivity index (χ0v) is 38.7. The molecule has 8 rings (SSSR count). The van der Waals surface area contributed by atoms with Crippen LogP contribution in [0.15, 0.2) is 232 Å². The number of ether oxygens (including phenoxy) is 2. The molecular weight excluding hydrogens is 824 g/mol. The Morgan fingerprint density at radius 3 is 1.00 bits per heavy atom. The van der Waals surface area contributed by atoms with Crippen molar-refractivity contribution in [1.82, 2.24) is 0 Å². The molecule has 0 N–H and O–H groups in total. The second-order valence-corrected chi connectivity index (χ2v) is 14.7. The molecule has 0 aliphatic carbocycles. The highest BCUT2D eigenvalue weighted by molar-refractivity contribution is 6.30. The summed E-state index contributed by atoms with van der Waals surface area (Å²) in [5.74, 6) is 1.68. The van der Waals surface area contributed by atoms with E-state index in [0.717, 1.165) is 22.1 Å². The Morgan fingerprint density at radius 2 is 0.656 bits per heavy atom. The Kier molecular flexibility index (Phi) is 25.4. The number of methoxy groups -OCH3 is 2. The van der Waals surface area contributed by atoms with Crippen LogP contribution in [0.25, 0.3) is 36.5 Å². The SMILES string of the molecule is C=Cc1ccccc1.C=Cc1ccccc1.COc1cccc(C=Cc2ccccc2)c1.COc1cccc(Cl)c1.Cc1ccc(C=Cc2ccccc2)cc1.Cc1ccc(Cl)cc1. The minimum absolute atomic E-state index is 0.703. The maximum Gasteiger partial charge on any atom is 0.120 e. The van der Waals surface area contributed by atoms with Crippen LogP contribution in [0, 0.1) is 13.8 Å². The number of benzene rings is 8. The summed E-state index contributed by atoms with van der Waals surface area (Å²) in [7, 11) is 3.30. The first kappa shape index (κ1) is 51.3. The van der Waals surface area contributed by atoms with Gasteiger partial charge in [-0.1, -0.05) is 260 Å². The summed E-state index contributed by atoms with van der Waals surface area (Å²) in [4.78, 5) is 0. The molecule has 0 saturated heterocycles. The van der Waals surface area contributed by atoms with Crippen LogP contribution in [0.2, 0.25) is 10.0 Å². The molecule has 0 amide bonds. The molecule has 0 aliphatic rings. The van der Waals surface area contributed by atoms with Crippen molar-refractivity contribution >= 4 is 59.7 Å². The highest BCUT2D eigenvalue weighted by atomic mass is 35.5. The smallest absolute Gasteiger partial charge is 0.120 e. The van der Waals surface area contributed by atoms with Gasteiger partial charge in [0.1, 0.15) is 11.5 Å². The average molecular weight is 882 g/mol. The Hall–Kier alpha value is -7.10. The summed E-state index contributed by atoms with van der Waals surface area (Å²) in [6.45, 7) is 11.4. The van der Waals surface area contributed by atoms with Gasteiger partial charge in [-0.3, -0.25) is 0 Å². The normalized spacial score (nSPS) is 9.72. The van der Waals surface area contributed by atoms with Crippen molar-refractivity contribution in [3.8, 4) is 11.5 Å². The minimum atomic E-state index is 0.703. The van der Waals surface area contributed by atoms with Crippen LogP contribution in [-0.2, 0) is 0 Å². The number of hydrogen-bond donors (Lipinski definition) is 0. The van der Waals surface area contributed by atoms with E-state index < -0.39 is 0 Å². The molecule has 324 valence electrons. The summed E-state index contributed by atoms with van der Waals surface area (Å²) in [5, 5.41) is 1.50. The fraction of sp³-hybridized carbons (Fsp3) is 0.0667. The molecule has 0 radical (unpaired) electrons. The third-order valence-electron chi connectivity index (χ3n) is 8.82. The molecule has 0 fully saturated rings. The van der Waals surface area contributed by atoms with Gasteiger partial charge in [0, 0.05) is 10.0 Å². The molecule has 8 aromatic carbocycles. The maximum atomic E-state index is 5.64. The van der Waals surface area contributed by atoms with Crippen molar-refractivity contribution in [2.24, 2.45) is 0 Å². The second kappa shape index (κ2) is 31.7. The Morgan fingerprint density at radius 1 is 0.328 bits per heavy atom. The van der Waals surface area contributed by atoms with Crippen LogP contribution in [0.3, 0.4) is 0 Å². The fourth-order valence-corrected chi connectivity index (χ4v) is 5.55. The Balaban J connectivity index is 0.000000210. The van der Waals surface area contributed by atoms with Crippen molar-refractivity contribution < 1.29 is 9.47 Å². The van der Waals surface area contributed by atoms with Crippen LogP contribution in [-0.4, -0.2) is 14.2 Å². The van der Waals surface area contributed by atoms with Crippen molar-refractivity contribution in [2.45, 2.75) is 13.8 Å². The zero-order valence-electron chi connectivity index (χ0n) is 37.2. The second-order valence-electron chi connectivity index (χ2n) is 13.9. The number of halogens is 2. The standard InChI is InChI=1S/C15H14O.C15H14.2C8H8.C7H7ClO.C7H7Cl/c1-16-15-9-5-8-14(12-15)11-10-13-6-3-2-4-7-13;1-13-7-9-15(10-8-13)12-11-14-5-3-2-4-6-14;2*1-2-8-6-4-3-5-7-8;1-9-7-4-2-3-6(8)5-7;1-6-2-4-7(8)5-3-6/h2-12H,1H3;2-12H,1H3;2*2-7H,1H2;2-5H,1H3;2-5H,1H3. The summed E-state index contributed by atoms with van der Waals surface area (Å²) in [6.07, 6.45) is 12.1. The zero-order chi connectivity index (χ0) is 46.0. The summed E-state index contributed by atoms with van der Waals surface area (Å²) < 4.78 is 10.1. The van der Waals surface area contributed by atoms with Gasteiger partial charge in [-0.2, -0.15) is 0 Å². The van der Waals surface area contributed by atoms with Gasteiger partial charge in [0.15, 0.2) is 0 Å². The van der Waals surface area contributed by atoms with Crippen molar-refractivity contribution in [3.05, 3.63) is 286 Å². The monoisotopic (exact) mass is 880 g/mol. The largest absolute Gasteiger partial charge is 0.497 e. The van der Waals surface area contributed by atoms with E-state index >= 15 is 0 Å². The molecule has 8 aromatic rings. The summed E-state index contributed by atoms with van der Waals surface area (Å²) >= 11 is 11.3. The lowest BCUT2D eigenvalue weighted by molar-refractivity contribution is 0.414. The lowest BCUT2D eigenvalue weighted by atomic mass is 10.1. The Bertz CT molecular complexity index is 2430. The number of aryl methyl sites for hydroxylation is 2. The molecule has 0 unspecified atom stereocenters.